The lowest BCUT2D eigenvalue weighted by Crippen LogP contribution is -2.39. The lowest BCUT2D eigenvalue weighted by atomic mass is 10.1. The number of para-hydroxylation sites is 1. The summed E-state index contributed by atoms with van der Waals surface area (Å²) in [5.74, 6) is 0.0889. The Kier molecular flexibility index (Phi) is 6.72. The summed E-state index contributed by atoms with van der Waals surface area (Å²) in [4.78, 5) is 25.0. The lowest BCUT2D eigenvalue weighted by Gasteiger charge is -2.20. The van der Waals surface area contributed by atoms with Crippen LogP contribution in [0.1, 0.15) is 25.0 Å². The Hall–Kier alpha value is -2.04. The molecule has 0 aromatic heterocycles. The molecule has 116 valence electrons. The normalized spacial score (nSPS) is 10.1. The molecular formula is C16H23NO4. The molecule has 0 atom stereocenters. The van der Waals surface area contributed by atoms with Crippen molar-refractivity contribution in [3.63, 3.8) is 0 Å². The van der Waals surface area contributed by atoms with Crippen molar-refractivity contribution in [2.45, 2.75) is 27.7 Å². The average molecular weight is 293 g/mol. The minimum absolute atomic E-state index is 0.0424. The number of nitrogens with zero attached hydrogens (tertiary/aromatic N) is 1. The highest BCUT2D eigenvalue weighted by molar-refractivity contribution is 5.83. The molecular weight excluding hydrogens is 270 g/mol. The SMILES string of the molecule is CCOC(=O)CN(CC)C(=O)COc1c(C)cccc1C. The predicted octanol–water partition coefficient (Wildman–Crippen LogP) is 2.09. The molecule has 0 aliphatic carbocycles. The Morgan fingerprint density at radius 1 is 1.14 bits per heavy atom. The van der Waals surface area contributed by atoms with E-state index in [1.54, 1.807) is 6.92 Å². The van der Waals surface area contributed by atoms with Gasteiger partial charge in [0.1, 0.15) is 12.3 Å². The zero-order chi connectivity index (χ0) is 15.8. The van der Waals surface area contributed by atoms with Crippen molar-refractivity contribution in [3.05, 3.63) is 29.3 Å². The van der Waals surface area contributed by atoms with Crippen LogP contribution in [0.3, 0.4) is 0 Å². The number of hydrogen-bond acceptors (Lipinski definition) is 4. The molecule has 0 bridgehead atoms. The number of carbonyl (C=O) groups is 2. The molecule has 21 heavy (non-hydrogen) atoms. The van der Waals surface area contributed by atoms with Gasteiger partial charge in [0.2, 0.25) is 0 Å². The van der Waals surface area contributed by atoms with E-state index in [0.29, 0.717) is 13.2 Å². The first kappa shape index (κ1) is 17.0. The number of rotatable bonds is 7. The van der Waals surface area contributed by atoms with Gasteiger partial charge in [0.05, 0.1) is 6.61 Å². The monoisotopic (exact) mass is 293 g/mol. The number of benzene rings is 1. The van der Waals surface area contributed by atoms with Crippen molar-refractivity contribution in [1.29, 1.82) is 0 Å². The lowest BCUT2D eigenvalue weighted by molar-refractivity contribution is -0.149. The highest BCUT2D eigenvalue weighted by Crippen LogP contribution is 2.22. The molecule has 5 nitrogen and oxygen atoms in total. The van der Waals surface area contributed by atoms with E-state index in [-0.39, 0.29) is 19.1 Å². The predicted molar refractivity (Wildman–Crippen MR) is 80.3 cm³/mol. The molecule has 5 heteroatoms. The van der Waals surface area contributed by atoms with E-state index in [9.17, 15) is 9.59 Å². The summed E-state index contributed by atoms with van der Waals surface area (Å²) >= 11 is 0. The minimum Gasteiger partial charge on any atom is -0.483 e. The smallest absolute Gasteiger partial charge is 0.325 e. The Balaban J connectivity index is 2.60. The third kappa shape index (κ3) is 5.10. The second-order valence-electron chi connectivity index (χ2n) is 4.72. The first-order valence-corrected chi connectivity index (χ1v) is 7.12. The van der Waals surface area contributed by atoms with Crippen LogP contribution in [-0.2, 0) is 14.3 Å². The maximum Gasteiger partial charge on any atom is 0.325 e. The molecule has 0 N–H and O–H groups in total. The third-order valence-electron chi connectivity index (χ3n) is 3.11. The van der Waals surface area contributed by atoms with Crippen LogP contribution >= 0.6 is 0 Å². The highest BCUT2D eigenvalue weighted by Gasteiger charge is 2.17. The van der Waals surface area contributed by atoms with Gasteiger partial charge in [0.25, 0.3) is 5.91 Å². The van der Waals surface area contributed by atoms with Crippen molar-refractivity contribution >= 4 is 11.9 Å². The number of esters is 1. The van der Waals surface area contributed by atoms with Gasteiger partial charge in [0, 0.05) is 6.54 Å². The van der Waals surface area contributed by atoms with E-state index in [1.165, 1.54) is 4.90 Å². The van der Waals surface area contributed by atoms with Gasteiger partial charge < -0.3 is 14.4 Å². The van der Waals surface area contributed by atoms with E-state index >= 15 is 0 Å². The van der Waals surface area contributed by atoms with E-state index in [4.69, 9.17) is 9.47 Å². The van der Waals surface area contributed by atoms with Gasteiger partial charge >= 0.3 is 5.97 Å². The van der Waals surface area contributed by atoms with Crippen LogP contribution < -0.4 is 4.74 Å². The Bertz CT molecular complexity index is 479. The fourth-order valence-electron chi connectivity index (χ4n) is 1.99. The van der Waals surface area contributed by atoms with E-state index < -0.39 is 5.97 Å². The molecule has 0 saturated heterocycles. The summed E-state index contributed by atoms with van der Waals surface area (Å²) in [5, 5.41) is 0. The molecule has 0 fully saturated rings. The maximum atomic E-state index is 12.1. The van der Waals surface area contributed by atoms with Crippen LogP contribution in [0.15, 0.2) is 18.2 Å². The van der Waals surface area contributed by atoms with Gasteiger partial charge in [-0.1, -0.05) is 18.2 Å². The van der Waals surface area contributed by atoms with E-state index in [2.05, 4.69) is 0 Å². The van der Waals surface area contributed by atoms with E-state index in [0.717, 1.165) is 16.9 Å². The number of likely N-dealkylation sites (N-methyl/N-ethyl adjacent to an activating group) is 1. The average Bonchev–Trinajstić information content (AvgIpc) is 2.44. The number of ether oxygens (including phenoxy) is 2. The van der Waals surface area contributed by atoms with Gasteiger partial charge in [-0.3, -0.25) is 9.59 Å². The molecule has 1 aromatic carbocycles. The molecule has 0 heterocycles. The molecule has 1 rings (SSSR count). The first-order chi connectivity index (χ1) is 9.99. The fraction of sp³-hybridized carbons (Fsp3) is 0.500. The molecule has 0 unspecified atom stereocenters. The van der Waals surface area contributed by atoms with Crippen LogP contribution in [0.25, 0.3) is 0 Å². The minimum atomic E-state index is -0.403. The number of amides is 1. The number of hydrogen-bond donors (Lipinski definition) is 0. The van der Waals surface area contributed by atoms with Gasteiger partial charge in [-0.05, 0) is 38.8 Å². The quantitative estimate of drug-likeness (QED) is 0.722. The highest BCUT2D eigenvalue weighted by atomic mass is 16.5. The molecule has 0 aliphatic rings. The largest absolute Gasteiger partial charge is 0.483 e. The maximum absolute atomic E-state index is 12.1. The Labute approximate surface area is 125 Å². The standard InChI is InChI=1S/C16H23NO4/c1-5-17(10-15(19)20-6-2)14(18)11-21-16-12(3)8-7-9-13(16)4/h7-9H,5-6,10-11H2,1-4H3. The topological polar surface area (TPSA) is 55.8 Å². The summed E-state index contributed by atoms with van der Waals surface area (Å²) in [6.45, 7) is 8.04. The molecule has 1 aromatic rings. The zero-order valence-corrected chi connectivity index (χ0v) is 13.1. The van der Waals surface area contributed by atoms with Crippen molar-refractivity contribution in [3.8, 4) is 5.75 Å². The zero-order valence-electron chi connectivity index (χ0n) is 13.1. The molecule has 0 spiro atoms. The van der Waals surface area contributed by atoms with Crippen molar-refractivity contribution < 1.29 is 19.1 Å². The van der Waals surface area contributed by atoms with Gasteiger partial charge in [0.15, 0.2) is 6.61 Å². The fourth-order valence-corrected chi connectivity index (χ4v) is 1.99. The van der Waals surface area contributed by atoms with Crippen LogP contribution in [0.4, 0.5) is 0 Å². The van der Waals surface area contributed by atoms with Gasteiger partial charge in [-0.15, -0.1) is 0 Å². The van der Waals surface area contributed by atoms with Gasteiger partial charge in [-0.25, -0.2) is 0 Å². The summed E-state index contributed by atoms with van der Waals surface area (Å²) in [5.41, 5.74) is 1.97. The second kappa shape index (κ2) is 8.29. The molecule has 0 radical (unpaired) electrons. The van der Waals surface area contributed by atoms with Crippen molar-refractivity contribution in [2.24, 2.45) is 0 Å². The summed E-state index contributed by atoms with van der Waals surface area (Å²) < 4.78 is 10.5. The number of aryl methyl sites for hydroxylation is 2. The second-order valence-corrected chi connectivity index (χ2v) is 4.72. The molecule has 0 aliphatic heterocycles. The third-order valence-corrected chi connectivity index (χ3v) is 3.11. The van der Waals surface area contributed by atoms with Crippen LogP contribution in [0.5, 0.6) is 5.75 Å². The Morgan fingerprint density at radius 3 is 2.29 bits per heavy atom. The van der Waals surface area contributed by atoms with E-state index in [1.807, 2.05) is 39.0 Å². The van der Waals surface area contributed by atoms with Crippen molar-refractivity contribution in [2.75, 3.05) is 26.3 Å². The first-order valence-electron chi connectivity index (χ1n) is 7.12. The van der Waals surface area contributed by atoms with Crippen LogP contribution in [-0.4, -0.2) is 43.1 Å². The summed E-state index contributed by atoms with van der Waals surface area (Å²) in [7, 11) is 0. The van der Waals surface area contributed by atoms with Crippen molar-refractivity contribution in [1.82, 2.24) is 4.90 Å². The molecule has 0 saturated carbocycles. The van der Waals surface area contributed by atoms with Crippen LogP contribution in [0, 0.1) is 13.8 Å². The summed E-state index contributed by atoms with van der Waals surface area (Å²) in [6.07, 6.45) is 0. The van der Waals surface area contributed by atoms with Crippen LogP contribution in [0.2, 0.25) is 0 Å². The van der Waals surface area contributed by atoms with Gasteiger partial charge in [-0.2, -0.15) is 0 Å². The summed E-state index contributed by atoms with van der Waals surface area (Å²) in [6, 6.07) is 5.81. The Morgan fingerprint density at radius 2 is 1.76 bits per heavy atom. The molecule has 1 amide bonds. The number of carbonyl (C=O) groups excluding carboxylic acids is 2.